The van der Waals surface area contributed by atoms with E-state index in [0.717, 1.165) is 53.2 Å². The molecule has 0 atom stereocenters. The summed E-state index contributed by atoms with van der Waals surface area (Å²) < 4.78 is 3.93. The molecule has 6 rings (SSSR count). The fourth-order valence-electron chi connectivity index (χ4n) is 4.98. The van der Waals surface area contributed by atoms with Crippen molar-refractivity contribution in [2.75, 3.05) is 11.4 Å². The molecule has 0 unspecified atom stereocenters. The van der Waals surface area contributed by atoms with E-state index < -0.39 is 0 Å². The lowest BCUT2D eigenvalue weighted by molar-refractivity contribution is 0.467. The van der Waals surface area contributed by atoms with Crippen LogP contribution >= 0.6 is 0 Å². The van der Waals surface area contributed by atoms with Gasteiger partial charge in [-0.2, -0.15) is 9.61 Å². The molecule has 4 aromatic heterocycles. The van der Waals surface area contributed by atoms with Gasteiger partial charge in [0.25, 0.3) is 0 Å². The maximum absolute atomic E-state index is 4.80. The maximum Gasteiger partial charge on any atom is 0.180 e. The van der Waals surface area contributed by atoms with E-state index in [1.165, 1.54) is 36.9 Å². The first-order valence-electron chi connectivity index (χ1n) is 11.1. The standard InChI is InChI=1S/C23H26N8/c1-15-16(2)23(28-31-14-25-27-22(15)31)29-8-7-21-18(12-29)9-17(10-24-21)19-11-26-30(13-19)20-5-3-4-6-20/h9-11,13-14,20H,3-8,12H2,1-2H3. The Morgan fingerprint density at radius 1 is 1.03 bits per heavy atom. The zero-order chi connectivity index (χ0) is 20.9. The summed E-state index contributed by atoms with van der Waals surface area (Å²) in [6.07, 6.45) is 13.9. The Labute approximate surface area is 180 Å². The van der Waals surface area contributed by atoms with Gasteiger partial charge >= 0.3 is 0 Å². The lowest BCUT2D eigenvalue weighted by atomic mass is 10.0. The van der Waals surface area contributed by atoms with Crippen LogP contribution in [-0.2, 0) is 13.0 Å². The molecule has 8 nitrogen and oxygen atoms in total. The molecule has 158 valence electrons. The van der Waals surface area contributed by atoms with Crippen LogP contribution in [0.5, 0.6) is 0 Å². The molecule has 2 aliphatic rings. The molecule has 8 heteroatoms. The van der Waals surface area contributed by atoms with Crippen molar-refractivity contribution >= 4 is 11.5 Å². The second kappa shape index (κ2) is 7.14. The topological polar surface area (TPSA) is 77.0 Å². The first-order valence-corrected chi connectivity index (χ1v) is 11.1. The van der Waals surface area contributed by atoms with Gasteiger partial charge in [0.05, 0.1) is 12.2 Å². The normalized spacial score (nSPS) is 16.9. The van der Waals surface area contributed by atoms with E-state index >= 15 is 0 Å². The highest BCUT2D eigenvalue weighted by Gasteiger charge is 2.23. The number of aryl methyl sites for hydroxylation is 1. The van der Waals surface area contributed by atoms with E-state index in [1.807, 2.05) is 12.4 Å². The van der Waals surface area contributed by atoms with E-state index in [9.17, 15) is 0 Å². The zero-order valence-electron chi connectivity index (χ0n) is 18.0. The van der Waals surface area contributed by atoms with Gasteiger partial charge in [0.2, 0.25) is 0 Å². The van der Waals surface area contributed by atoms with Crippen LogP contribution in [0, 0.1) is 13.8 Å². The quantitative estimate of drug-likeness (QED) is 0.509. The monoisotopic (exact) mass is 414 g/mol. The molecule has 31 heavy (non-hydrogen) atoms. The molecule has 0 radical (unpaired) electrons. The van der Waals surface area contributed by atoms with Crippen molar-refractivity contribution < 1.29 is 0 Å². The summed E-state index contributed by atoms with van der Waals surface area (Å²) in [6.45, 7) is 5.91. The Morgan fingerprint density at radius 3 is 2.77 bits per heavy atom. The minimum atomic E-state index is 0.555. The third kappa shape index (κ3) is 3.08. The Bertz CT molecular complexity index is 1260. The number of fused-ring (bicyclic) bond motifs is 2. The van der Waals surface area contributed by atoms with Gasteiger partial charge in [0.15, 0.2) is 11.5 Å². The lowest BCUT2D eigenvalue weighted by Gasteiger charge is -2.30. The van der Waals surface area contributed by atoms with Gasteiger partial charge in [-0.05, 0) is 38.3 Å². The molecule has 5 heterocycles. The van der Waals surface area contributed by atoms with Crippen molar-refractivity contribution in [1.29, 1.82) is 0 Å². The van der Waals surface area contributed by atoms with Gasteiger partial charge < -0.3 is 4.90 Å². The molecule has 0 amide bonds. The second-order valence-corrected chi connectivity index (χ2v) is 8.82. The van der Waals surface area contributed by atoms with E-state index in [4.69, 9.17) is 10.1 Å². The summed E-state index contributed by atoms with van der Waals surface area (Å²) >= 11 is 0. The highest BCUT2D eigenvalue weighted by atomic mass is 15.4. The predicted molar refractivity (Wildman–Crippen MR) is 118 cm³/mol. The Morgan fingerprint density at radius 2 is 1.90 bits per heavy atom. The number of hydrogen-bond donors (Lipinski definition) is 0. The average molecular weight is 415 g/mol. The molecular weight excluding hydrogens is 388 g/mol. The molecule has 1 aliphatic heterocycles. The fourth-order valence-corrected chi connectivity index (χ4v) is 4.98. The van der Waals surface area contributed by atoms with Crippen LogP contribution in [-0.4, -0.2) is 41.1 Å². The lowest BCUT2D eigenvalue weighted by Crippen LogP contribution is -2.32. The average Bonchev–Trinajstić information content (AvgIpc) is 3.56. The molecule has 1 aliphatic carbocycles. The van der Waals surface area contributed by atoms with Gasteiger partial charge in [-0.3, -0.25) is 9.67 Å². The van der Waals surface area contributed by atoms with Crippen molar-refractivity contribution in [2.45, 2.75) is 58.5 Å². The van der Waals surface area contributed by atoms with Crippen LogP contribution in [0.3, 0.4) is 0 Å². The largest absolute Gasteiger partial charge is 0.350 e. The molecule has 0 aromatic carbocycles. The third-order valence-electron chi connectivity index (χ3n) is 6.94. The number of aromatic nitrogens is 7. The van der Waals surface area contributed by atoms with E-state index in [-0.39, 0.29) is 0 Å². The number of nitrogens with zero attached hydrogens (tertiary/aromatic N) is 8. The van der Waals surface area contributed by atoms with Crippen molar-refractivity contribution in [3.8, 4) is 11.1 Å². The van der Waals surface area contributed by atoms with Gasteiger partial charge in [0, 0.05) is 59.9 Å². The molecule has 0 N–H and O–H groups in total. The van der Waals surface area contributed by atoms with Crippen molar-refractivity contribution in [3.63, 3.8) is 0 Å². The second-order valence-electron chi connectivity index (χ2n) is 8.82. The Hall–Kier alpha value is -3.29. The zero-order valence-corrected chi connectivity index (χ0v) is 18.0. The highest BCUT2D eigenvalue weighted by molar-refractivity contribution is 5.63. The highest BCUT2D eigenvalue weighted by Crippen LogP contribution is 2.32. The predicted octanol–water partition coefficient (Wildman–Crippen LogP) is 3.68. The summed E-state index contributed by atoms with van der Waals surface area (Å²) in [7, 11) is 0. The molecule has 1 saturated carbocycles. The van der Waals surface area contributed by atoms with Crippen LogP contribution < -0.4 is 4.90 Å². The van der Waals surface area contributed by atoms with Gasteiger partial charge in [-0.1, -0.05) is 12.8 Å². The van der Waals surface area contributed by atoms with Crippen LogP contribution in [0.25, 0.3) is 16.8 Å². The Balaban J connectivity index is 1.31. The van der Waals surface area contributed by atoms with E-state index in [2.05, 4.69) is 51.0 Å². The Kier molecular flexibility index (Phi) is 4.26. The molecule has 1 fully saturated rings. The van der Waals surface area contributed by atoms with Crippen molar-refractivity contribution in [1.82, 2.24) is 34.6 Å². The van der Waals surface area contributed by atoms with Gasteiger partial charge in [-0.15, -0.1) is 15.3 Å². The van der Waals surface area contributed by atoms with Gasteiger partial charge in [0.1, 0.15) is 6.33 Å². The smallest absolute Gasteiger partial charge is 0.180 e. The van der Waals surface area contributed by atoms with Crippen LogP contribution in [0.15, 0.2) is 31.0 Å². The summed E-state index contributed by atoms with van der Waals surface area (Å²) in [5.41, 5.74) is 7.84. The number of pyridine rings is 1. The number of hydrogen-bond acceptors (Lipinski definition) is 6. The van der Waals surface area contributed by atoms with E-state index in [1.54, 1.807) is 10.8 Å². The molecule has 4 aromatic rings. The van der Waals surface area contributed by atoms with Crippen LogP contribution in [0.1, 0.15) is 54.1 Å². The first-order chi connectivity index (χ1) is 15.2. The third-order valence-corrected chi connectivity index (χ3v) is 6.94. The summed E-state index contributed by atoms with van der Waals surface area (Å²) in [6, 6.07) is 2.84. The SMILES string of the molecule is Cc1c(N2CCc3ncc(-c4cnn(C5CCCC5)c4)cc3C2)nn2cnnc2c1C. The van der Waals surface area contributed by atoms with Crippen molar-refractivity contribution in [2.24, 2.45) is 0 Å². The number of rotatable bonds is 3. The number of anilines is 1. The summed E-state index contributed by atoms with van der Waals surface area (Å²) in [4.78, 5) is 7.15. The first kappa shape index (κ1) is 18.5. The van der Waals surface area contributed by atoms with Crippen LogP contribution in [0.2, 0.25) is 0 Å². The molecule has 0 bridgehead atoms. The minimum Gasteiger partial charge on any atom is -0.350 e. The van der Waals surface area contributed by atoms with Crippen LogP contribution in [0.4, 0.5) is 5.82 Å². The summed E-state index contributed by atoms with van der Waals surface area (Å²) in [5.74, 6) is 0.995. The molecule has 0 spiro atoms. The molecular formula is C23H26N8. The fraction of sp³-hybridized carbons (Fsp3) is 0.435. The minimum absolute atomic E-state index is 0.555. The maximum atomic E-state index is 4.80. The summed E-state index contributed by atoms with van der Waals surface area (Å²) in [5, 5.41) is 17.7. The molecule has 0 saturated heterocycles. The van der Waals surface area contributed by atoms with Gasteiger partial charge in [-0.25, -0.2) is 0 Å². The van der Waals surface area contributed by atoms with E-state index in [0.29, 0.717) is 6.04 Å². The van der Waals surface area contributed by atoms with Crippen molar-refractivity contribution in [3.05, 3.63) is 53.4 Å².